The molecule has 2 rings (SSSR count). The summed E-state index contributed by atoms with van der Waals surface area (Å²) in [6.45, 7) is 35.6. The standard InChI is InChI=1S/C18H26F3NO2.C14H18F3NO2.C10H21NO2.C6H13NO2/c1-11-8-12(18(19,20)21)10-13(9-11)22-14(16(2,3)4)15(23)24-17(5,6)7;1-8-5-9(14(15,16)17)7-10(6-8)18-11(12(19)20)13(2,3)4;1-9(2,3)7(11)8(12)13-10(4,5)6;1-6(2,3)4(7)5(8)9/h8-10,14,22H,1-7H3;5-7,11,18H,1-4H3,(H,19,20);7H,11H2,1-6H3;4H,7H2,1-3H3,(H,8,9)/t14-;11-;7-;4-/m1111/s1. The van der Waals surface area contributed by atoms with Crippen molar-refractivity contribution in [3.8, 4) is 0 Å². The van der Waals surface area contributed by atoms with E-state index < -0.39 is 87.6 Å². The quantitative estimate of drug-likeness (QED) is 0.108. The molecule has 0 fully saturated rings. The van der Waals surface area contributed by atoms with Gasteiger partial charge < -0.3 is 41.8 Å². The maximum atomic E-state index is 13.0. The SMILES string of the molecule is CC(C)(C)OC(=O)[C@@H](N)C(C)(C)C.CC(C)(C)[C@H](N)C(=O)O.Cc1cc(N[C@H](C(=O)O)C(C)(C)C)cc(C(F)(F)F)c1.Cc1cc(N[C@H](C(=O)OC(C)(C)C)C(C)(C)C)cc(C(F)(F)F)c1. The van der Waals surface area contributed by atoms with Crippen LogP contribution >= 0.6 is 0 Å². The first kappa shape index (κ1) is 63.5. The van der Waals surface area contributed by atoms with Crippen LogP contribution in [-0.2, 0) is 41.0 Å². The molecule has 0 spiro atoms. The molecule has 12 nitrogen and oxygen atoms in total. The molecule has 4 atom stereocenters. The molecule has 0 heterocycles. The van der Waals surface area contributed by atoms with Crippen molar-refractivity contribution in [2.24, 2.45) is 33.1 Å². The summed E-state index contributed by atoms with van der Waals surface area (Å²) in [6, 6.07) is 4.03. The number of alkyl halides is 6. The molecule has 2 aromatic carbocycles. The highest BCUT2D eigenvalue weighted by Crippen LogP contribution is 2.35. The predicted molar refractivity (Wildman–Crippen MR) is 248 cm³/mol. The lowest BCUT2D eigenvalue weighted by atomic mass is 9.86. The zero-order valence-corrected chi connectivity index (χ0v) is 42.5. The molecule has 0 aliphatic carbocycles. The molecule has 0 saturated carbocycles. The second kappa shape index (κ2) is 23.4. The van der Waals surface area contributed by atoms with Crippen LogP contribution in [-0.4, -0.2) is 69.5 Å². The van der Waals surface area contributed by atoms with Crippen LogP contribution in [0.2, 0.25) is 0 Å². The molecule has 380 valence electrons. The van der Waals surface area contributed by atoms with Gasteiger partial charge in [0.1, 0.15) is 35.4 Å². The van der Waals surface area contributed by atoms with Gasteiger partial charge in [-0.1, -0.05) is 83.1 Å². The van der Waals surface area contributed by atoms with Crippen LogP contribution in [0.1, 0.15) is 147 Å². The van der Waals surface area contributed by atoms with Crippen LogP contribution in [0.25, 0.3) is 0 Å². The number of aliphatic carboxylic acids is 2. The topological polar surface area (TPSA) is 203 Å². The van der Waals surface area contributed by atoms with E-state index in [4.69, 9.17) is 26.0 Å². The molecule has 0 bridgehead atoms. The molecule has 0 aliphatic rings. The van der Waals surface area contributed by atoms with E-state index in [1.807, 2.05) is 62.3 Å². The molecule has 2 aromatic rings. The fraction of sp³-hybridized carbons (Fsp3) is 0.667. The Morgan fingerprint density at radius 3 is 1.00 bits per heavy atom. The van der Waals surface area contributed by atoms with E-state index in [9.17, 15) is 50.6 Å². The number of carboxylic acid groups (broad SMARTS) is 2. The molecule has 0 radical (unpaired) electrons. The Balaban J connectivity index is 0. The average molecular weight is 953 g/mol. The number of anilines is 2. The van der Waals surface area contributed by atoms with Crippen molar-refractivity contribution in [3.63, 3.8) is 0 Å². The number of aryl methyl sites for hydroxylation is 2. The summed E-state index contributed by atoms with van der Waals surface area (Å²) in [6.07, 6.45) is -8.89. The Hall–Kier alpha value is -4.58. The molecule has 0 saturated heterocycles. The molecule has 0 aliphatic heterocycles. The second-order valence-electron chi connectivity index (χ2n) is 22.5. The Bertz CT molecular complexity index is 1910. The van der Waals surface area contributed by atoms with Gasteiger partial charge in [-0.25, -0.2) is 9.59 Å². The van der Waals surface area contributed by atoms with Gasteiger partial charge >= 0.3 is 36.2 Å². The number of ether oxygens (including phenoxy) is 2. The number of hydrogen-bond acceptors (Lipinski definition) is 10. The molecule has 18 heteroatoms. The van der Waals surface area contributed by atoms with Gasteiger partial charge in [-0.3, -0.25) is 9.59 Å². The van der Waals surface area contributed by atoms with E-state index in [0.29, 0.717) is 11.1 Å². The minimum Gasteiger partial charge on any atom is -0.480 e. The smallest absolute Gasteiger partial charge is 0.416 e. The van der Waals surface area contributed by atoms with Crippen molar-refractivity contribution >= 4 is 35.3 Å². The largest absolute Gasteiger partial charge is 0.480 e. The van der Waals surface area contributed by atoms with Crippen molar-refractivity contribution in [3.05, 3.63) is 58.7 Å². The van der Waals surface area contributed by atoms with Crippen molar-refractivity contribution < 1.29 is 65.2 Å². The van der Waals surface area contributed by atoms with E-state index >= 15 is 0 Å². The first-order chi connectivity index (χ1) is 28.9. The summed E-state index contributed by atoms with van der Waals surface area (Å²) < 4.78 is 87.7. The number of hydrogen-bond donors (Lipinski definition) is 6. The van der Waals surface area contributed by atoms with Gasteiger partial charge in [-0.05, 0) is 125 Å². The highest BCUT2D eigenvalue weighted by Gasteiger charge is 2.37. The van der Waals surface area contributed by atoms with Crippen LogP contribution in [0.15, 0.2) is 36.4 Å². The number of esters is 2. The number of nitrogens with one attached hydrogen (secondary N) is 2. The van der Waals surface area contributed by atoms with Gasteiger partial charge in [0.05, 0.1) is 11.1 Å². The zero-order chi connectivity index (χ0) is 53.2. The summed E-state index contributed by atoms with van der Waals surface area (Å²) >= 11 is 0. The molecule has 0 aromatic heterocycles. The second-order valence-corrected chi connectivity index (χ2v) is 22.5. The maximum Gasteiger partial charge on any atom is 0.416 e. The molecule has 0 amide bonds. The number of carbonyl (C=O) groups is 4. The van der Waals surface area contributed by atoms with Crippen molar-refractivity contribution in [2.75, 3.05) is 10.6 Å². The highest BCUT2D eigenvalue weighted by molar-refractivity contribution is 5.81. The van der Waals surface area contributed by atoms with E-state index in [-0.39, 0.29) is 28.2 Å². The Morgan fingerprint density at radius 2 is 0.773 bits per heavy atom. The molecular formula is C48H78F6N4O8. The van der Waals surface area contributed by atoms with Crippen molar-refractivity contribution in [1.82, 2.24) is 0 Å². The normalized spacial score (nSPS) is 14.5. The minimum atomic E-state index is -4.46. The number of carboxylic acids is 2. The number of rotatable bonds is 8. The van der Waals surface area contributed by atoms with E-state index in [1.54, 1.807) is 75.3 Å². The van der Waals surface area contributed by atoms with Gasteiger partial charge in [0.25, 0.3) is 0 Å². The van der Waals surface area contributed by atoms with Gasteiger partial charge in [0.15, 0.2) is 0 Å². The van der Waals surface area contributed by atoms with Gasteiger partial charge in [0, 0.05) is 11.4 Å². The third kappa shape index (κ3) is 25.4. The van der Waals surface area contributed by atoms with E-state index in [2.05, 4.69) is 10.6 Å². The number of carbonyl (C=O) groups excluding carboxylic acids is 2. The van der Waals surface area contributed by atoms with Crippen molar-refractivity contribution in [2.45, 2.75) is 186 Å². The summed E-state index contributed by atoms with van der Waals surface area (Å²) in [5, 5.41) is 23.2. The van der Waals surface area contributed by atoms with Gasteiger partial charge in [-0.15, -0.1) is 0 Å². The first-order valence-corrected chi connectivity index (χ1v) is 21.2. The lowest BCUT2D eigenvalue weighted by Gasteiger charge is -2.33. The van der Waals surface area contributed by atoms with Crippen LogP contribution in [0.5, 0.6) is 0 Å². The van der Waals surface area contributed by atoms with Crippen molar-refractivity contribution in [1.29, 1.82) is 0 Å². The number of halogens is 6. The van der Waals surface area contributed by atoms with Crippen LogP contribution in [0, 0.1) is 35.5 Å². The average Bonchev–Trinajstić information content (AvgIpc) is 3.05. The molecule has 66 heavy (non-hydrogen) atoms. The molecule has 0 unspecified atom stereocenters. The Morgan fingerprint density at radius 1 is 0.470 bits per heavy atom. The highest BCUT2D eigenvalue weighted by atomic mass is 19.4. The summed E-state index contributed by atoms with van der Waals surface area (Å²) in [7, 11) is 0. The third-order valence-corrected chi connectivity index (χ3v) is 8.85. The molecule has 8 N–H and O–H groups in total. The van der Waals surface area contributed by atoms with Crippen LogP contribution < -0.4 is 22.1 Å². The monoisotopic (exact) mass is 953 g/mol. The number of nitrogens with two attached hydrogens (primary N) is 2. The summed E-state index contributed by atoms with van der Waals surface area (Å²) in [5.41, 5.74) is 7.86. The van der Waals surface area contributed by atoms with E-state index in [1.165, 1.54) is 13.0 Å². The predicted octanol–water partition coefficient (Wildman–Crippen LogP) is 11.3. The van der Waals surface area contributed by atoms with Crippen LogP contribution in [0.3, 0.4) is 0 Å². The van der Waals surface area contributed by atoms with Crippen LogP contribution in [0.4, 0.5) is 37.7 Å². The van der Waals surface area contributed by atoms with E-state index in [0.717, 1.165) is 24.3 Å². The maximum absolute atomic E-state index is 13.0. The summed E-state index contributed by atoms with van der Waals surface area (Å²) in [5.74, 6) is -2.87. The minimum absolute atomic E-state index is 0.152. The number of benzene rings is 2. The van der Waals surface area contributed by atoms with Gasteiger partial charge in [-0.2, -0.15) is 26.3 Å². The zero-order valence-electron chi connectivity index (χ0n) is 42.5. The fourth-order valence-electron chi connectivity index (χ4n) is 5.12. The first-order valence-electron chi connectivity index (χ1n) is 21.2. The Labute approximate surface area is 388 Å². The van der Waals surface area contributed by atoms with Gasteiger partial charge in [0.2, 0.25) is 0 Å². The summed E-state index contributed by atoms with van der Waals surface area (Å²) in [4.78, 5) is 45.4. The lowest BCUT2D eigenvalue weighted by Crippen LogP contribution is -2.45. The lowest BCUT2D eigenvalue weighted by molar-refractivity contribution is -0.159. The Kier molecular flexibility index (Phi) is 22.5. The molecular weight excluding hydrogens is 875 g/mol. The fourth-order valence-corrected chi connectivity index (χ4v) is 5.12. The third-order valence-electron chi connectivity index (χ3n) is 8.85.